The maximum atomic E-state index is 4.37. The zero-order valence-corrected chi connectivity index (χ0v) is 13.0. The maximum absolute atomic E-state index is 4.37. The molecule has 1 N–H and O–H groups in total. The van der Waals surface area contributed by atoms with Gasteiger partial charge in [0, 0.05) is 5.56 Å². The Morgan fingerprint density at radius 3 is 2.41 bits per heavy atom. The van der Waals surface area contributed by atoms with Gasteiger partial charge in [-0.3, -0.25) is 5.43 Å². The van der Waals surface area contributed by atoms with E-state index in [1.807, 2.05) is 36.5 Å². The van der Waals surface area contributed by atoms with Crippen LogP contribution in [0.15, 0.2) is 76.9 Å². The van der Waals surface area contributed by atoms with E-state index in [-0.39, 0.29) is 0 Å². The second kappa shape index (κ2) is 6.44. The molecule has 0 saturated heterocycles. The molecule has 0 saturated carbocycles. The predicted octanol–water partition coefficient (Wildman–Crippen LogP) is 5.26. The van der Waals surface area contributed by atoms with Crippen molar-refractivity contribution >= 4 is 17.5 Å². The molecule has 0 heterocycles. The van der Waals surface area contributed by atoms with Crippen LogP contribution in [0.4, 0.5) is 5.69 Å². The number of hydrazone groups is 1. The summed E-state index contributed by atoms with van der Waals surface area (Å²) in [6.07, 6.45) is 5.21. The molecule has 1 aliphatic rings. The molecule has 0 spiro atoms. The Morgan fingerprint density at radius 2 is 1.68 bits per heavy atom. The van der Waals surface area contributed by atoms with Crippen molar-refractivity contribution in [3.8, 4) is 0 Å². The van der Waals surface area contributed by atoms with Crippen molar-refractivity contribution in [2.45, 2.75) is 20.3 Å². The fourth-order valence-corrected chi connectivity index (χ4v) is 2.62. The molecule has 110 valence electrons. The lowest BCUT2D eigenvalue weighted by Crippen LogP contribution is -1.94. The number of para-hydroxylation sites is 1. The molecule has 0 aliphatic heterocycles. The Morgan fingerprint density at radius 1 is 0.955 bits per heavy atom. The highest BCUT2D eigenvalue weighted by molar-refractivity contribution is 5.90. The first-order valence-electron chi connectivity index (χ1n) is 7.54. The van der Waals surface area contributed by atoms with Crippen molar-refractivity contribution in [1.82, 2.24) is 0 Å². The minimum absolute atomic E-state index is 0.990. The van der Waals surface area contributed by atoms with Crippen LogP contribution in [0.5, 0.6) is 0 Å². The summed E-state index contributed by atoms with van der Waals surface area (Å²) in [4.78, 5) is 0. The SMILES string of the molecule is CC1=C(C)CC(c2ccccc2C=NNc2ccccc2)=C1. The van der Waals surface area contributed by atoms with Gasteiger partial charge < -0.3 is 0 Å². The second-order valence-electron chi connectivity index (χ2n) is 5.63. The zero-order valence-electron chi connectivity index (χ0n) is 13.0. The molecule has 0 radical (unpaired) electrons. The minimum Gasteiger partial charge on any atom is -0.279 e. The van der Waals surface area contributed by atoms with Crippen LogP contribution in [0, 0.1) is 0 Å². The van der Waals surface area contributed by atoms with E-state index >= 15 is 0 Å². The highest BCUT2D eigenvalue weighted by atomic mass is 15.3. The van der Waals surface area contributed by atoms with Gasteiger partial charge in [-0.15, -0.1) is 0 Å². The first kappa shape index (κ1) is 14.3. The van der Waals surface area contributed by atoms with E-state index in [1.54, 1.807) is 0 Å². The van der Waals surface area contributed by atoms with Crippen molar-refractivity contribution in [2.24, 2.45) is 5.10 Å². The van der Waals surface area contributed by atoms with Crippen LogP contribution in [0.25, 0.3) is 5.57 Å². The van der Waals surface area contributed by atoms with Crippen molar-refractivity contribution in [1.29, 1.82) is 0 Å². The van der Waals surface area contributed by atoms with Gasteiger partial charge in [0.2, 0.25) is 0 Å². The fraction of sp³-hybridized carbons (Fsp3) is 0.150. The Hall–Kier alpha value is -2.61. The maximum Gasteiger partial charge on any atom is 0.0561 e. The van der Waals surface area contributed by atoms with Crippen LogP contribution in [-0.4, -0.2) is 6.21 Å². The number of rotatable bonds is 4. The van der Waals surface area contributed by atoms with Gasteiger partial charge in [-0.25, -0.2) is 0 Å². The molecule has 0 amide bonds. The number of nitrogens with zero attached hydrogens (tertiary/aromatic N) is 1. The number of hydrogen-bond acceptors (Lipinski definition) is 2. The third kappa shape index (κ3) is 3.17. The summed E-state index contributed by atoms with van der Waals surface area (Å²) in [5.74, 6) is 0. The van der Waals surface area contributed by atoms with Crippen molar-refractivity contribution < 1.29 is 0 Å². The number of hydrogen-bond donors (Lipinski definition) is 1. The number of anilines is 1. The number of nitrogens with one attached hydrogen (secondary N) is 1. The van der Waals surface area contributed by atoms with E-state index in [4.69, 9.17) is 0 Å². The van der Waals surface area contributed by atoms with E-state index in [2.05, 4.69) is 54.7 Å². The lowest BCUT2D eigenvalue weighted by molar-refractivity contribution is 1.22. The van der Waals surface area contributed by atoms with E-state index in [0.29, 0.717) is 0 Å². The van der Waals surface area contributed by atoms with Crippen molar-refractivity contribution in [3.05, 3.63) is 82.9 Å². The Labute approximate surface area is 131 Å². The van der Waals surface area contributed by atoms with Gasteiger partial charge in [0.1, 0.15) is 0 Å². The van der Waals surface area contributed by atoms with Crippen LogP contribution >= 0.6 is 0 Å². The molecule has 1 aliphatic carbocycles. The summed E-state index contributed by atoms with van der Waals surface area (Å²) in [7, 11) is 0. The first-order chi connectivity index (χ1) is 10.7. The van der Waals surface area contributed by atoms with Crippen LogP contribution in [0.3, 0.4) is 0 Å². The van der Waals surface area contributed by atoms with Gasteiger partial charge in [0.25, 0.3) is 0 Å². The molecular formula is C20H20N2. The van der Waals surface area contributed by atoms with Crippen LogP contribution < -0.4 is 5.43 Å². The highest BCUT2D eigenvalue weighted by Gasteiger charge is 2.13. The van der Waals surface area contributed by atoms with Gasteiger partial charge in [0.05, 0.1) is 11.9 Å². The quantitative estimate of drug-likeness (QED) is 0.602. The van der Waals surface area contributed by atoms with Gasteiger partial charge in [-0.1, -0.05) is 59.7 Å². The molecule has 0 bridgehead atoms. The monoisotopic (exact) mass is 288 g/mol. The van der Waals surface area contributed by atoms with E-state index in [1.165, 1.54) is 22.3 Å². The number of allylic oxidation sites excluding steroid dienone is 4. The summed E-state index contributed by atoms with van der Waals surface area (Å²) in [5.41, 5.74) is 10.7. The topological polar surface area (TPSA) is 24.4 Å². The molecular weight excluding hydrogens is 268 g/mol. The standard InChI is InChI=1S/C20H20N2/c1-15-12-18(13-16(15)2)20-11-7-6-8-17(20)14-21-22-19-9-4-3-5-10-19/h3-12,14,22H,13H2,1-2H3. The summed E-state index contributed by atoms with van der Waals surface area (Å²) in [6.45, 7) is 4.38. The van der Waals surface area contributed by atoms with E-state index < -0.39 is 0 Å². The first-order valence-corrected chi connectivity index (χ1v) is 7.54. The smallest absolute Gasteiger partial charge is 0.0561 e. The lowest BCUT2D eigenvalue weighted by atomic mass is 9.98. The molecule has 2 nitrogen and oxygen atoms in total. The molecule has 2 aromatic carbocycles. The summed E-state index contributed by atoms with van der Waals surface area (Å²) < 4.78 is 0. The third-order valence-electron chi connectivity index (χ3n) is 4.00. The predicted molar refractivity (Wildman–Crippen MR) is 95.1 cm³/mol. The second-order valence-corrected chi connectivity index (χ2v) is 5.63. The molecule has 0 aromatic heterocycles. The highest BCUT2D eigenvalue weighted by Crippen LogP contribution is 2.33. The zero-order chi connectivity index (χ0) is 15.4. The molecule has 2 aromatic rings. The number of benzene rings is 2. The van der Waals surface area contributed by atoms with Crippen LogP contribution in [0.1, 0.15) is 31.4 Å². The summed E-state index contributed by atoms with van der Waals surface area (Å²) in [5, 5.41) is 4.37. The molecule has 3 rings (SSSR count). The van der Waals surface area contributed by atoms with Crippen LogP contribution in [-0.2, 0) is 0 Å². The summed E-state index contributed by atoms with van der Waals surface area (Å²) >= 11 is 0. The van der Waals surface area contributed by atoms with Gasteiger partial charge in [-0.05, 0) is 43.5 Å². The van der Waals surface area contributed by atoms with Crippen LogP contribution in [0.2, 0.25) is 0 Å². The third-order valence-corrected chi connectivity index (χ3v) is 4.00. The van der Waals surface area contributed by atoms with Gasteiger partial charge in [-0.2, -0.15) is 5.10 Å². The van der Waals surface area contributed by atoms with Crippen molar-refractivity contribution in [3.63, 3.8) is 0 Å². The van der Waals surface area contributed by atoms with E-state index in [0.717, 1.165) is 17.7 Å². The fourth-order valence-electron chi connectivity index (χ4n) is 2.62. The molecule has 0 unspecified atom stereocenters. The molecule has 22 heavy (non-hydrogen) atoms. The largest absolute Gasteiger partial charge is 0.279 e. The Bertz CT molecular complexity index is 752. The minimum atomic E-state index is 0.990. The Balaban J connectivity index is 1.79. The summed E-state index contributed by atoms with van der Waals surface area (Å²) in [6, 6.07) is 18.4. The van der Waals surface area contributed by atoms with Gasteiger partial charge >= 0.3 is 0 Å². The van der Waals surface area contributed by atoms with Gasteiger partial charge in [0.15, 0.2) is 0 Å². The lowest BCUT2D eigenvalue weighted by Gasteiger charge is -2.07. The average molecular weight is 288 g/mol. The molecule has 0 fully saturated rings. The Kier molecular flexibility index (Phi) is 4.19. The average Bonchev–Trinajstić information content (AvgIpc) is 2.88. The molecule has 0 atom stereocenters. The molecule has 2 heteroatoms. The van der Waals surface area contributed by atoms with E-state index in [9.17, 15) is 0 Å². The van der Waals surface area contributed by atoms with Crippen molar-refractivity contribution in [2.75, 3.05) is 5.43 Å². The normalized spacial score (nSPS) is 14.5.